The van der Waals surface area contributed by atoms with Crippen LogP contribution in [0.5, 0.6) is 0 Å². The van der Waals surface area contributed by atoms with Crippen LogP contribution in [-0.2, 0) is 0 Å². The van der Waals surface area contributed by atoms with Gasteiger partial charge in [-0.15, -0.1) is 23.2 Å². The van der Waals surface area contributed by atoms with Crippen molar-refractivity contribution in [3.05, 3.63) is 0 Å². The lowest BCUT2D eigenvalue weighted by atomic mass is 9.87. The Morgan fingerprint density at radius 3 is 2.40 bits per heavy atom. The van der Waals surface area contributed by atoms with E-state index in [0.717, 1.165) is 12.8 Å². The molecule has 0 aromatic heterocycles. The van der Waals surface area contributed by atoms with Gasteiger partial charge in [0.2, 0.25) is 0 Å². The Balaban J connectivity index is 2.52. The van der Waals surface area contributed by atoms with E-state index in [4.69, 9.17) is 23.2 Å². The molecule has 10 heavy (non-hydrogen) atoms. The molecule has 4 unspecified atom stereocenters. The molecule has 1 N–H and O–H groups in total. The zero-order valence-corrected chi connectivity index (χ0v) is 7.44. The lowest BCUT2D eigenvalue weighted by Crippen LogP contribution is -2.37. The minimum absolute atomic E-state index is 0.0417. The van der Waals surface area contributed by atoms with Crippen LogP contribution in [0.25, 0.3) is 0 Å². The highest BCUT2D eigenvalue weighted by Gasteiger charge is 2.33. The molecular formula is C7H12Cl2O. The molecule has 1 nitrogen and oxygen atoms in total. The molecule has 0 radical (unpaired) electrons. The third kappa shape index (κ3) is 1.58. The zero-order valence-electron chi connectivity index (χ0n) is 5.93. The summed E-state index contributed by atoms with van der Waals surface area (Å²) in [5, 5.41) is 9.30. The number of alkyl halides is 2. The highest BCUT2D eigenvalue weighted by Crippen LogP contribution is 2.32. The maximum absolute atomic E-state index is 9.32. The fourth-order valence-corrected chi connectivity index (χ4v) is 1.94. The molecule has 4 atom stereocenters. The van der Waals surface area contributed by atoms with Crippen LogP contribution in [0, 0.1) is 5.92 Å². The van der Waals surface area contributed by atoms with Crippen molar-refractivity contribution < 1.29 is 5.11 Å². The number of hydrogen-bond acceptors (Lipinski definition) is 1. The third-order valence-electron chi connectivity index (χ3n) is 2.19. The van der Waals surface area contributed by atoms with Gasteiger partial charge < -0.3 is 5.11 Å². The average molecular weight is 183 g/mol. The van der Waals surface area contributed by atoms with Gasteiger partial charge in [-0.1, -0.05) is 6.92 Å². The van der Waals surface area contributed by atoms with Gasteiger partial charge in [0.05, 0.1) is 16.9 Å². The topological polar surface area (TPSA) is 20.2 Å². The first-order valence-corrected chi connectivity index (χ1v) is 4.46. The van der Waals surface area contributed by atoms with Crippen LogP contribution in [0.3, 0.4) is 0 Å². The largest absolute Gasteiger partial charge is 0.393 e. The second-order valence-corrected chi connectivity index (χ2v) is 4.03. The van der Waals surface area contributed by atoms with E-state index in [9.17, 15) is 5.11 Å². The first-order valence-electron chi connectivity index (χ1n) is 3.59. The van der Waals surface area contributed by atoms with E-state index < -0.39 is 0 Å². The van der Waals surface area contributed by atoms with Gasteiger partial charge >= 0.3 is 0 Å². The van der Waals surface area contributed by atoms with Crippen molar-refractivity contribution >= 4 is 23.2 Å². The first-order chi connectivity index (χ1) is 4.63. The van der Waals surface area contributed by atoms with E-state index in [-0.39, 0.29) is 22.8 Å². The Hall–Kier alpha value is 0.540. The number of hydrogen-bond donors (Lipinski definition) is 1. The van der Waals surface area contributed by atoms with E-state index in [1.54, 1.807) is 0 Å². The van der Waals surface area contributed by atoms with Crippen molar-refractivity contribution in [3.8, 4) is 0 Å². The highest BCUT2D eigenvalue weighted by atomic mass is 35.5. The Labute approximate surface area is 71.3 Å². The van der Waals surface area contributed by atoms with Crippen molar-refractivity contribution in [2.24, 2.45) is 5.92 Å². The summed E-state index contributed by atoms with van der Waals surface area (Å²) in [5.41, 5.74) is 0. The van der Waals surface area contributed by atoms with E-state index in [1.807, 2.05) is 6.92 Å². The van der Waals surface area contributed by atoms with Crippen LogP contribution in [0.2, 0.25) is 0 Å². The molecule has 0 spiro atoms. The molecule has 1 saturated carbocycles. The predicted octanol–water partition coefficient (Wildman–Crippen LogP) is 1.99. The summed E-state index contributed by atoms with van der Waals surface area (Å²) in [4.78, 5) is 0. The van der Waals surface area contributed by atoms with Gasteiger partial charge in [-0.3, -0.25) is 0 Å². The normalized spacial score (nSPS) is 49.2. The van der Waals surface area contributed by atoms with Gasteiger partial charge in [-0.05, 0) is 18.8 Å². The summed E-state index contributed by atoms with van der Waals surface area (Å²) < 4.78 is 0. The molecule has 1 rings (SSSR count). The molecule has 60 valence electrons. The maximum atomic E-state index is 9.32. The smallest absolute Gasteiger partial charge is 0.0580 e. The summed E-state index contributed by atoms with van der Waals surface area (Å²) in [6.45, 7) is 1.94. The summed E-state index contributed by atoms with van der Waals surface area (Å²) in [6, 6.07) is 0. The van der Waals surface area contributed by atoms with Crippen LogP contribution >= 0.6 is 23.2 Å². The molecule has 0 bridgehead atoms. The maximum Gasteiger partial charge on any atom is 0.0580 e. The van der Waals surface area contributed by atoms with Crippen LogP contribution in [-0.4, -0.2) is 22.0 Å². The van der Waals surface area contributed by atoms with Crippen molar-refractivity contribution in [2.45, 2.75) is 36.6 Å². The summed E-state index contributed by atoms with van der Waals surface area (Å²) in [7, 11) is 0. The Bertz CT molecular complexity index is 104. The SMILES string of the molecule is CC1C(O)CCC(Cl)C1Cl. The summed E-state index contributed by atoms with van der Waals surface area (Å²) in [6.07, 6.45) is 1.37. The fraction of sp³-hybridized carbons (Fsp3) is 1.00. The summed E-state index contributed by atoms with van der Waals surface area (Å²) >= 11 is 11.8. The zero-order chi connectivity index (χ0) is 7.72. The van der Waals surface area contributed by atoms with Crippen LogP contribution in [0.4, 0.5) is 0 Å². The standard InChI is InChI=1S/C7H12Cl2O/c1-4-6(10)3-2-5(8)7(4)9/h4-7,10H,2-3H2,1H3. The minimum atomic E-state index is -0.252. The molecule has 3 heteroatoms. The molecule has 0 aliphatic heterocycles. The van der Waals surface area contributed by atoms with E-state index in [2.05, 4.69) is 0 Å². The van der Waals surface area contributed by atoms with Crippen molar-refractivity contribution in [1.29, 1.82) is 0 Å². The molecule has 0 heterocycles. The molecule has 0 amide bonds. The van der Waals surface area contributed by atoms with E-state index in [1.165, 1.54) is 0 Å². The Morgan fingerprint density at radius 1 is 1.30 bits per heavy atom. The predicted molar refractivity (Wildman–Crippen MR) is 43.7 cm³/mol. The fourth-order valence-electron chi connectivity index (χ4n) is 1.29. The van der Waals surface area contributed by atoms with Crippen LogP contribution in [0.1, 0.15) is 19.8 Å². The van der Waals surface area contributed by atoms with Gasteiger partial charge in [0, 0.05) is 0 Å². The van der Waals surface area contributed by atoms with Crippen molar-refractivity contribution in [1.82, 2.24) is 0 Å². The van der Waals surface area contributed by atoms with Gasteiger partial charge in [0.15, 0.2) is 0 Å². The number of aliphatic hydroxyl groups excluding tert-OH is 1. The van der Waals surface area contributed by atoms with Crippen molar-refractivity contribution in [3.63, 3.8) is 0 Å². The second-order valence-electron chi connectivity index (χ2n) is 2.96. The quantitative estimate of drug-likeness (QED) is 0.569. The van der Waals surface area contributed by atoms with E-state index in [0.29, 0.717) is 0 Å². The first kappa shape index (κ1) is 8.63. The third-order valence-corrected chi connectivity index (χ3v) is 3.51. The van der Waals surface area contributed by atoms with Crippen LogP contribution in [0.15, 0.2) is 0 Å². The number of halogens is 2. The molecule has 0 aromatic carbocycles. The highest BCUT2D eigenvalue weighted by molar-refractivity contribution is 6.30. The summed E-state index contributed by atoms with van der Waals surface area (Å²) in [5.74, 6) is 0.137. The second kappa shape index (κ2) is 3.29. The molecule has 1 fully saturated rings. The lowest BCUT2D eigenvalue weighted by molar-refractivity contribution is 0.0832. The lowest BCUT2D eigenvalue weighted by Gasteiger charge is -2.32. The van der Waals surface area contributed by atoms with Gasteiger partial charge in [0.25, 0.3) is 0 Å². The number of rotatable bonds is 0. The molecule has 1 aliphatic carbocycles. The minimum Gasteiger partial charge on any atom is -0.393 e. The van der Waals surface area contributed by atoms with Crippen LogP contribution < -0.4 is 0 Å². The molecule has 1 aliphatic rings. The van der Waals surface area contributed by atoms with Gasteiger partial charge in [0.1, 0.15) is 0 Å². The van der Waals surface area contributed by atoms with Gasteiger partial charge in [-0.2, -0.15) is 0 Å². The Kier molecular flexibility index (Phi) is 2.84. The Morgan fingerprint density at radius 2 is 1.90 bits per heavy atom. The van der Waals surface area contributed by atoms with Crippen molar-refractivity contribution in [2.75, 3.05) is 0 Å². The average Bonchev–Trinajstić information content (AvgIpc) is 1.93. The molecule has 0 aromatic rings. The van der Waals surface area contributed by atoms with E-state index >= 15 is 0 Å². The van der Waals surface area contributed by atoms with Gasteiger partial charge in [-0.25, -0.2) is 0 Å². The number of aliphatic hydroxyl groups is 1. The molecule has 0 saturated heterocycles. The monoisotopic (exact) mass is 182 g/mol. The molecular weight excluding hydrogens is 171 g/mol.